The van der Waals surface area contributed by atoms with E-state index >= 15 is 0 Å². The Kier molecular flexibility index (Phi) is 15.2. The highest BCUT2D eigenvalue weighted by atomic mass is 16.5. The number of rotatable bonds is 1. The van der Waals surface area contributed by atoms with E-state index < -0.39 is 0 Å². The van der Waals surface area contributed by atoms with Gasteiger partial charge in [0.25, 0.3) is 0 Å². The van der Waals surface area contributed by atoms with Crippen molar-refractivity contribution in [1.82, 2.24) is 0 Å². The van der Waals surface area contributed by atoms with Gasteiger partial charge in [-0.3, -0.25) is 0 Å². The zero-order chi connectivity index (χ0) is 36.7. The van der Waals surface area contributed by atoms with Crippen molar-refractivity contribution in [3.8, 4) is 5.75 Å². The summed E-state index contributed by atoms with van der Waals surface area (Å²) in [7, 11) is 0. The molecule has 0 saturated carbocycles. The molecule has 0 N–H and O–H groups in total. The number of benzene rings is 5. The summed E-state index contributed by atoms with van der Waals surface area (Å²) in [6.45, 7) is 14.4. The van der Waals surface area contributed by atoms with Crippen molar-refractivity contribution in [2.45, 2.75) is 129 Å². The first-order chi connectivity index (χ1) is 25.4. The average Bonchev–Trinajstić information content (AvgIpc) is 3.70. The Morgan fingerprint density at radius 2 is 0.923 bits per heavy atom. The van der Waals surface area contributed by atoms with E-state index in [0.717, 1.165) is 36.5 Å². The monoisotopic (exact) mass is 692 g/mol. The van der Waals surface area contributed by atoms with Gasteiger partial charge in [-0.05, 0) is 133 Å². The lowest BCUT2D eigenvalue weighted by Gasteiger charge is -2.21. The molecule has 5 aromatic rings. The highest BCUT2D eigenvalue weighted by molar-refractivity contribution is 5.39. The summed E-state index contributed by atoms with van der Waals surface area (Å²) in [5, 5.41) is 0. The van der Waals surface area contributed by atoms with E-state index in [1.54, 1.807) is 33.4 Å². The highest BCUT2D eigenvalue weighted by Gasteiger charge is 2.19. The summed E-state index contributed by atoms with van der Waals surface area (Å²) in [5.74, 6) is 4.02. The molecule has 1 heteroatoms. The van der Waals surface area contributed by atoms with Gasteiger partial charge in [0.1, 0.15) is 5.75 Å². The average molecular weight is 693 g/mol. The Hall–Kier alpha value is -4.10. The summed E-state index contributed by atoms with van der Waals surface area (Å²) in [6.07, 6.45) is 13.3. The Morgan fingerprint density at radius 3 is 1.46 bits per heavy atom. The molecule has 1 aliphatic heterocycles. The van der Waals surface area contributed by atoms with E-state index in [9.17, 15) is 0 Å². The number of aryl methyl sites for hydroxylation is 5. The van der Waals surface area contributed by atoms with Crippen molar-refractivity contribution in [2.75, 3.05) is 6.61 Å². The lowest BCUT2D eigenvalue weighted by Crippen LogP contribution is -2.05. The first-order valence-corrected chi connectivity index (χ1v) is 20.3. The van der Waals surface area contributed by atoms with E-state index in [4.69, 9.17) is 4.74 Å². The van der Waals surface area contributed by atoms with E-state index in [-0.39, 0.29) is 0 Å². The molecule has 9 rings (SSSR count). The summed E-state index contributed by atoms with van der Waals surface area (Å²) in [5.41, 5.74) is 13.7. The largest absolute Gasteiger partial charge is 0.493 e. The number of para-hydroxylation sites is 1. The van der Waals surface area contributed by atoms with Crippen molar-refractivity contribution in [3.63, 3.8) is 0 Å². The molecule has 0 amide bonds. The van der Waals surface area contributed by atoms with Gasteiger partial charge < -0.3 is 4.74 Å². The van der Waals surface area contributed by atoms with Gasteiger partial charge in [0, 0.05) is 11.5 Å². The van der Waals surface area contributed by atoms with Crippen LogP contribution in [0.5, 0.6) is 5.75 Å². The highest BCUT2D eigenvalue weighted by Crippen LogP contribution is 2.34. The van der Waals surface area contributed by atoms with Crippen LogP contribution in [-0.2, 0) is 25.7 Å². The van der Waals surface area contributed by atoms with Gasteiger partial charge >= 0.3 is 0 Å². The molecule has 274 valence electrons. The van der Waals surface area contributed by atoms with Crippen LogP contribution in [0.25, 0.3) is 0 Å². The Bertz CT molecular complexity index is 1750. The van der Waals surface area contributed by atoms with Gasteiger partial charge in [-0.15, -0.1) is 0 Å². The molecule has 0 saturated heterocycles. The van der Waals surface area contributed by atoms with Crippen molar-refractivity contribution >= 4 is 0 Å². The zero-order valence-corrected chi connectivity index (χ0v) is 33.0. The minimum absolute atomic E-state index is 0.580. The molecule has 4 aliphatic rings. The van der Waals surface area contributed by atoms with E-state index in [1.807, 2.05) is 12.1 Å². The van der Waals surface area contributed by atoms with Crippen LogP contribution in [0.2, 0.25) is 0 Å². The third-order valence-corrected chi connectivity index (χ3v) is 11.6. The van der Waals surface area contributed by atoms with Crippen LogP contribution >= 0.6 is 0 Å². The summed E-state index contributed by atoms with van der Waals surface area (Å²) >= 11 is 0. The van der Waals surface area contributed by atoms with E-state index in [2.05, 4.69) is 151 Å². The van der Waals surface area contributed by atoms with Gasteiger partial charge in [-0.1, -0.05) is 156 Å². The molecule has 0 radical (unpaired) electrons. The van der Waals surface area contributed by atoms with Crippen LogP contribution in [0.1, 0.15) is 147 Å². The summed E-state index contributed by atoms with van der Waals surface area (Å²) in [6, 6.07) is 43.3. The van der Waals surface area contributed by atoms with Crippen molar-refractivity contribution in [1.29, 1.82) is 0 Å². The molecule has 0 spiro atoms. The van der Waals surface area contributed by atoms with Crippen LogP contribution in [0.4, 0.5) is 0 Å². The van der Waals surface area contributed by atoms with E-state index in [0.29, 0.717) is 5.92 Å². The van der Waals surface area contributed by atoms with Crippen LogP contribution in [0.3, 0.4) is 0 Å². The second-order valence-electron chi connectivity index (χ2n) is 15.5. The second-order valence-corrected chi connectivity index (χ2v) is 15.5. The minimum atomic E-state index is 0.580. The van der Waals surface area contributed by atoms with Crippen LogP contribution in [0, 0.1) is 6.92 Å². The number of ether oxygens (including phenoxy) is 1. The maximum absolute atomic E-state index is 5.41. The zero-order valence-electron chi connectivity index (χ0n) is 33.0. The number of hydrogen-bond donors (Lipinski definition) is 0. The third kappa shape index (κ3) is 11.0. The van der Waals surface area contributed by atoms with E-state index in [1.165, 1.54) is 74.5 Å². The Morgan fingerprint density at radius 1 is 0.462 bits per heavy atom. The smallest absolute Gasteiger partial charge is 0.122 e. The second kappa shape index (κ2) is 20.2. The maximum Gasteiger partial charge on any atom is 0.122 e. The van der Waals surface area contributed by atoms with Crippen molar-refractivity contribution in [2.24, 2.45) is 0 Å². The first kappa shape index (κ1) is 39.1. The van der Waals surface area contributed by atoms with Crippen LogP contribution in [-0.4, -0.2) is 6.61 Å². The molecule has 0 bridgehead atoms. The predicted octanol–water partition coefficient (Wildman–Crippen LogP) is 14.1. The van der Waals surface area contributed by atoms with Crippen LogP contribution < -0.4 is 4.74 Å². The van der Waals surface area contributed by atoms with Gasteiger partial charge in [0.15, 0.2) is 0 Å². The molecule has 4 atom stereocenters. The SMILES string of the molecule is CC1CCCCc2ccccc21.CC1CCCc2ccccc21.CC1CCc2ccccc21.CC1COc2ccccc21.CCc1ccccc1C. The molecule has 0 fully saturated rings. The lowest BCUT2D eigenvalue weighted by atomic mass is 9.84. The molecule has 1 nitrogen and oxygen atoms in total. The fourth-order valence-electron chi connectivity index (χ4n) is 8.26. The molecular formula is C51H64O. The normalized spacial score (nSPS) is 20.3. The predicted molar refractivity (Wildman–Crippen MR) is 224 cm³/mol. The summed E-state index contributed by atoms with van der Waals surface area (Å²) < 4.78 is 5.41. The molecule has 3 aliphatic carbocycles. The Labute approximate surface area is 316 Å². The molecular weight excluding hydrogens is 629 g/mol. The van der Waals surface area contributed by atoms with Gasteiger partial charge in [-0.2, -0.15) is 0 Å². The first-order valence-electron chi connectivity index (χ1n) is 20.3. The Balaban J connectivity index is 0.000000126. The van der Waals surface area contributed by atoms with Crippen molar-refractivity contribution in [3.05, 3.63) is 171 Å². The van der Waals surface area contributed by atoms with Gasteiger partial charge in [0.2, 0.25) is 0 Å². The lowest BCUT2D eigenvalue weighted by molar-refractivity contribution is 0.337. The molecule has 1 heterocycles. The molecule has 0 aromatic heterocycles. The van der Waals surface area contributed by atoms with Gasteiger partial charge in [-0.25, -0.2) is 0 Å². The third-order valence-electron chi connectivity index (χ3n) is 11.6. The number of hydrogen-bond acceptors (Lipinski definition) is 1. The van der Waals surface area contributed by atoms with Gasteiger partial charge in [0.05, 0.1) is 6.61 Å². The molecule has 4 unspecified atom stereocenters. The fraction of sp³-hybridized carbons (Fsp3) is 0.412. The quantitative estimate of drug-likeness (QED) is 0.159. The maximum atomic E-state index is 5.41. The molecule has 5 aromatic carbocycles. The van der Waals surface area contributed by atoms with Crippen LogP contribution in [0.15, 0.2) is 121 Å². The summed E-state index contributed by atoms with van der Waals surface area (Å²) in [4.78, 5) is 0. The number of fused-ring (bicyclic) bond motifs is 4. The minimum Gasteiger partial charge on any atom is -0.493 e. The molecule has 52 heavy (non-hydrogen) atoms. The standard InChI is InChI=1S/C12H16.C11H14.C10H12.C9H10O.C9H12/c1-10-6-2-3-7-11-8-4-5-9-12(10)11;1-9-5-4-7-10-6-2-3-8-11(9)10;1-8-6-7-9-4-2-3-5-10(8)9;1-7-6-10-9-5-3-2-4-8(7)9;1-3-9-7-5-4-6-8(9)2/h4-5,8-10H,2-3,6-7H2,1H3;2-3,6,8-9H,4-5,7H2,1H3;2-5,8H,6-7H2,1H3;2-5,7H,6H2,1H3;4-7H,3H2,1-2H3. The fourth-order valence-corrected chi connectivity index (χ4v) is 8.26. The topological polar surface area (TPSA) is 9.23 Å². The van der Waals surface area contributed by atoms with Crippen molar-refractivity contribution < 1.29 is 4.74 Å².